The summed E-state index contributed by atoms with van der Waals surface area (Å²) in [4.78, 5) is 11.6. The van der Waals surface area contributed by atoms with Gasteiger partial charge in [0.1, 0.15) is 10.9 Å². The molecule has 0 saturated carbocycles. The zero-order chi connectivity index (χ0) is 12.4. The zero-order valence-corrected chi connectivity index (χ0v) is 10.4. The van der Waals surface area contributed by atoms with Gasteiger partial charge >= 0.3 is 0 Å². The molecule has 88 valence electrons. The molecular weight excluding hydrogens is 238 g/mol. The van der Waals surface area contributed by atoms with Gasteiger partial charge in [-0.05, 0) is 29.3 Å². The maximum Gasteiger partial charge on any atom is 0.252 e. The highest BCUT2D eigenvalue weighted by Gasteiger charge is 2.04. The Morgan fingerprint density at radius 2 is 1.94 bits per heavy atom. The summed E-state index contributed by atoms with van der Waals surface area (Å²) in [5.74, 6) is 0.749. The lowest BCUT2D eigenvalue weighted by Crippen LogP contribution is -2.15. The van der Waals surface area contributed by atoms with Gasteiger partial charge in [0.05, 0.1) is 7.11 Å². The van der Waals surface area contributed by atoms with Crippen LogP contribution in [0.4, 0.5) is 0 Å². The van der Waals surface area contributed by atoms with Gasteiger partial charge in [-0.3, -0.25) is 4.79 Å². The van der Waals surface area contributed by atoms with E-state index in [1.165, 1.54) is 4.57 Å². The fourth-order valence-electron chi connectivity index (χ4n) is 1.57. The van der Waals surface area contributed by atoms with Crippen molar-refractivity contribution in [1.29, 1.82) is 0 Å². The highest BCUT2D eigenvalue weighted by molar-refractivity contribution is 6.29. The molecule has 0 saturated heterocycles. The molecule has 0 amide bonds. The van der Waals surface area contributed by atoms with E-state index in [1.807, 2.05) is 24.3 Å². The smallest absolute Gasteiger partial charge is 0.252 e. The minimum Gasteiger partial charge on any atom is -0.497 e. The van der Waals surface area contributed by atoms with E-state index in [2.05, 4.69) is 0 Å². The van der Waals surface area contributed by atoms with Crippen molar-refractivity contribution >= 4 is 11.6 Å². The van der Waals surface area contributed by atoms with Crippen LogP contribution in [-0.4, -0.2) is 11.7 Å². The maximum absolute atomic E-state index is 11.6. The highest BCUT2D eigenvalue weighted by Crippen LogP contribution is 2.24. The summed E-state index contributed by atoms with van der Waals surface area (Å²) in [5, 5.41) is 0.412. The van der Waals surface area contributed by atoms with E-state index in [1.54, 1.807) is 26.3 Å². The second-order valence-electron chi connectivity index (χ2n) is 3.70. The molecule has 17 heavy (non-hydrogen) atoms. The van der Waals surface area contributed by atoms with Crippen LogP contribution < -0.4 is 10.3 Å². The number of nitrogens with zero attached hydrogens (tertiary/aromatic N) is 1. The van der Waals surface area contributed by atoms with Gasteiger partial charge in [0.15, 0.2) is 0 Å². The normalized spacial score (nSPS) is 10.3. The lowest BCUT2D eigenvalue weighted by molar-refractivity contribution is 0.415. The van der Waals surface area contributed by atoms with Crippen molar-refractivity contribution in [3.8, 4) is 16.9 Å². The molecule has 1 aromatic heterocycles. The van der Waals surface area contributed by atoms with E-state index >= 15 is 0 Å². The molecule has 0 bridgehead atoms. The summed E-state index contributed by atoms with van der Waals surface area (Å²) in [5.41, 5.74) is 1.57. The molecule has 2 rings (SSSR count). The Bertz CT molecular complexity index is 605. The summed E-state index contributed by atoms with van der Waals surface area (Å²) in [7, 11) is 3.25. The van der Waals surface area contributed by atoms with Crippen LogP contribution in [0.25, 0.3) is 11.1 Å². The van der Waals surface area contributed by atoms with Crippen LogP contribution in [0, 0.1) is 0 Å². The molecule has 3 nitrogen and oxygen atoms in total. The number of benzene rings is 1. The van der Waals surface area contributed by atoms with Gasteiger partial charge in [-0.2, -0.15) is 0 Å². The SMILES string of the molecule is COc1cccc(-c2cc(Cl)n(C)c(=O)c2)c1. The predicted octanol–water partition coefficient (Wildman–Crippen LogP) is 2.71. The molecule has 0 aliphatic rings. The van der Waals surface area contributed by atoms with Crippen LogP contribution in [0.15, 0.2) is 41.2 Å². The number of rotatable bonds is 2. The van der Waals surface area contributed by atoms with Crippen LogP contribution in [0.2, 0.25) is 5.15 Å². The van der Waals surface area contributed by atoms with Gasteiger partial charge < -0.3 is 9.30 Å². The molecular formula is C13H12ClNO2. The Kier molecular flexibility index (Phi) is 3.20. The molecule has 0 aliphatic carbocycles. The Hall–Kier alpha value is -1.74. The molecule has 0 aliphatic heterocycles. The Balaban J connectivity index is 2.56. The third-order valence-electron chi connectivity index (χ3n) is 2.61. The number of methoxy groups -OCH3 is 1. The van der Waals surface area contributed by atoms with Crippen molar-refractivity contribution < 1.29 is 4.74 Å². The molecule has 0 unspecified atom stereocenters. The first-order valence-corrected chi connectivity index (χ1v) is 5.50. The van der Waals surface area contributed by atoms with Crippen molar-refractivity contribution in [2.45, 2.75) is 0 Å². The summed E-state index contributed by atoms with van der Waals surface area (Å²) < 4.78 is 6.54. The molecule has 0 atom stereocenters. The quantitative estimate of drug-likeness (QED) is 0.767. The average Bonchev–Trinajstić information content (AvgIpc) is 2.35. The van der Waals surface area contributed by atoms with Crippen LogP contribution in [0.3, 0.4) is 0 Å². The van der Waals surface area contributed by atoms with Gasteiger partial charge in [-0.15, -0.1) is 0 Å². The first kappa shape index (κ1) is 11.7. The largest absolute Gasteiger partial charge is 0.497 e. The number of pyridine rings is 1. The van der Waals surface area contributed by atoms with Gasteiger partial charge in [-0.25, -0.2) is 0 Å². The summed E-state index contributed by atoms with van der Waals surface area (Å²) in [6.07, 6.45) is 0. The van der Waals surface area contributed by atoms with E-state index in [9.17, 15) is 4.79 Å². The summed E-state index contributed by atoms with van der Waals surface area (Å²) >= 11 is 5.97. The Morgan fingerprint density at radius 1 is 1.18 bits per heavy atom. The fraction of sp³-hybridized carbons (Fsp3) is 0.154. The number of halogens is 1. The van der Waals surface area contributed by atoms with Gasteiger partial charge in [0.2, 0.25) is 0 Å². The van der Waals surface area contributed by atoms with Gasteiger partial charge in [0, 0.05) is 13.1 Å². The number of hydrogen-bond acceptors (Lipinski definition) is 2. The van der Waals surface area contributed by atoms with Crippen LogP contribution in [-0.2, 0) is 7.05 Å². The molecule has 0 fully saturated rings. The van der Waals surface area contributed by atoms with Crippen molar-refractivity contribution in [2.75, 3.05) is 7.11 Å². The van der Waals surface area contributed by atoms with Crippen molar-refractivity contribution in [3.05, 3.63) is 51.9 Å². The fourth-order valence-corrected chi connectivity index (χ4v) is 1.77. The number of hydrogen-bond donors (Lipinski definition) is 0. The Morgan fingerprint density at radius 3 is 2.59 bits per heavy atom. The van der Waals surface area contributed by atoms with E-state index in [4.69, 9.17) is 16.3 Å². The first-order valence-electron chi connectivity index (χ1n) is 5.13. The number of ether oxygens (including phenoxy) is 1. The van der Waals surface area contributed by atoms with Crippen molar-refractivity contribution in [3.63, 3.8) is 0 Å². The monoisotopic (exact) mass is 249 g/mol. The number of aromatic nitrogens is 1. The van der Waals surface area contributed by atoms with E-state index < -0.39 is 0 Å². The van der Waals surface area contributed by atoms with E-state index in [-0.39, 0.29) is 5.56 Å². The minimum atomic E-state index is -0.129. The topological polar surface area (TPSA) is 31.2 Å². The van der Waals surface area contributed by atoms with Crippen molar-refractivity contribution in [2.24, 2.45) is 7.05 Å². The third-order valence-corrected chi connectivity index (χ3v) is 2.97. The Labute approximate surface area is 104 Å². The molecule has 1 heterocycles. The van der Waals surface area contributed by atoms with E-state index in [0.29, 0.717) is 5.15 Å². The maximum atomic E-state index is 11.6. The zero-order valence-electron chi connectivity index (χ0n) is 9.61. The van der Waals surface area contributed by atoms with Crippen molar-refractivity contribution in [1.82, 2.24) is 4.57 Å². The van der Waals surface area contributed by atoms with Crippen LogP contribution in [0.5, 0.6) is 5.75 Å². The van der Waals surface area contributed by atoms with Crippen LogP contribution in [0.1, 0.15) is 0 Å². The molecule has 2 aromatic rings. The van der Waals surface area contributed by atoms with Crippen LogP contribution >= 0.6 is 11.6 Å². The molecule has 0 radical (unpaired) electrons. The third kappa shape index (κ3) is 2.34. The summed E-state index contributed by atoms with van der Waals surface area (Å²) in [6.45, 7) is 0. The lowest BCUT2D eigenvalue weighted by atomic mass is 10.1. The average molecular weight is 250 g/mol. The molecule has 1 aromatic carbocycles. The standard InChI is InChI=1S/C13H12ClNO2/c1-15-12(14)7-10(8-13(15)16)9-4-3-5-11(6-9)17-2/h3-8H,1-2H3. The lowest BCUT2D eigenvalue weighted by Gasteiger charge is -2.07. The van der Waals surface area contributed by atoms with E-state index in [0.717, 1.165) is 16.9 Å². The first-order chi connectivity index (χ1) is 8.11. The highest BCUT2D eigenvalue weighted by atomic mass is 35.5. The van der Waals surface area contributed by atoms with Gasteiger partial charge in [-0.1, -0.05) is 23.7 Å². The molecule has 0 N–H and O–H groups in total. The summed E-state index contributed by atoms with van der Waals surface area (Å²) in [6, 6.07) is 10.8. The molecule has 0 spiro atoms. The predicted molar refractivity (Wildman–Crippen MR) is 68.7 cm³/mol. The second-order valence-corrected chi connectivity index (χ2v) is 4.08. The van der Waals surface area contributed by atoms with Gasteiger partial charge in [0.25, 0.3) is 5.56 Å². The molecule has 4 heteroatoms. The second kappa shape index (κ2) is 4.63. The minimum absolute atomic E-state index is 0.129.